The highest BCUT2D eigenvalue weighted by Crippen LogP contribution is 2.33. The number of hydrogen-bond donors (Lipinski definition) is 0. The van der Waals surface area contributed by atoms with Crippen LogP contribution in [0, 0.1) is 11.2 Å². The first-order chi connectivity index (χ1) is 8.34. The molecule has 4 heteroatoms. The number of hydrogen-bond acceptors (Lipinski definition) is 3. The van der Waals surface area contributed by atoms with E-state index in [0.29, 0.717) is 0 Å². The van der Waals surface area contributed by atoms with Crippen molar-refractivity contribution in [2.75, 3.05) is 31.1 Å². The Morgan fingerprint density at radius 2 is 2.00 bits per heavy atom. The van der Waals surface area contributed by atoms with E-state index in [2.05, 4.69) is 60.2 Å². The number of halogens is 1. The molecule has 0 N–H and O–H groups in total. The minimum atomic E-state index is 0.906. The van der Waals surface area contributed by atoms with E-state index < -0.39 is 0 Å². The molecule has 0 atom stereocenters. The van der Waals surface area contributed by atoms with E-state index >= 15 is 0 Å². The zero-order valence-corrected chi connectivity index (χ0v) is 12.4. The van der Waals surface area contributed by atoms with Gasteiger partial charge < -0.3 is 4.90 Å². The lowest BCUT2D eigenvalue weighted by Crippen LogP contribution is -2.42. The quantitative estimate of drug-likeness (QED) is 0.434. The summed E-state index contributed by atoms with van der Waals surface area (Å²) in [7, 11) is 0. The van der Waals surface area contributed by atoms with Gasteiger partial charge in [-0.25, -0.2) is 3.11 Å². The second-order valence-electron chi connectivity index (χ2n) is 4.21. The van der Waals surface area contributed by atoms with Crippen molar-refractivity contribution >= 4 is 40.3 Å². The Bertz CT molecular complexity index is 484. The molecule has 1 aromatic rings. The third kappa shape index (κ3) is 2.42. The van der Waals surface area contributed by atoms with E-state index in [9.17, 15) is 0 Å². The largest absolute Gasteiger partial charge is 0.369 e. The van der Waals surface area contributed by atoms with Gasteiger partial charge in [-0.15, -0.1) is 0 Å². The number of piperazine rings is 1. The molecule has 0 unspecified atom stereocenters. The second-order valence-corrected chi connectivity index (χ2v) is 6.42. The molecule has 2 heterocycles. The van der Waals surface area contributed by atoms with Crippen LogP contribution in [0.2, 0.25) is 0 Å². The van der Waals surface area contributed by atoms with Crippen LogP contribution in [0.3, 0.4) is 0 Å². The fraction of sp³-hybridized carbons (Fsp3) is 0.385. The molecule has 2 aliphatic heterocycles. The average Bonchev–Trinajstić information content (AvgIpc) is 2.39. The minimum Gasteiger partial charge on any atom is -0.369 e. The topological polar surface area (TPSA) is 6.48 Å². The van der Waals surface area contributed by atoms with Crippen LogP contribution in [-0.2, 0) is 6.42 Å². The number of thioether (sulfide) groups is 1. The summed E-state index contributed by atoms with van der Waals surface area (Å²) in [5, 5.41) is 3.12. The lowest BCUT2D eigenvalue weighted by molar-refractivity contribution is 0.460. The number of fused-ring (bicyclic) bond motifs is 1. The molecule has 0 saturated carbocycles. The van der Waals surface area contributed by atoms with Gasteiger partial charge in [-0.05, 0) is 29.1 Å². The van der Waals surface area contributed by atoms with Crippen LogP contribution in [0.25, 0.3) is 0 Å². The van der Waals surface area contributed by atoms with Crippen molar-refractivity contribution in [2.45, 2.75) is 11.3 Å². The molecule has 1 aromatic carbocycles. The van der Waals surface area contributed by atoms with Crippen molar-refractivity contribution in [3.05, 3.63) is 23.8 Å². The molecule has 0 bridgehead atoms. The standard InChI is InChI=1S/C13H13IN2S/c14-16-8-6-15(7-9-16)12-4-1-5-13-11(12)3-2-10-17-13/h1,4-5H,3,6-9H2. The van der Waals surface area contributed by atoms with E-state index in [1.807, 2.05) is 0 Å². The van der Waals surface area contributed by atoms with Crippen molar-refractivity contribution in [3.63, 3.8) is 0 Å². The molecule has 2 nitrogen and oxygen atoms in total. The van der Waals surface area contributed by atoms with E-state index in [0.717, 1.165) is 32.6 Å². The van der Waals surface area contributed by atoms with Gasteiger partial charge in [-0.1, -0.05) is 12.0 Å². The predicted molar refractivity (Wildman–Crippen MR) is 81.6 cm³/mol. The third-order valence-corrected chi connectivity index (χ3v) is 4.99. The van der Waals surface area contributed by atoms with Crippen LogP contribution in [0.4, 0.5) is 5.69 Å². The van der Waals surface area contributed by atoms with Crippen LogP contribution in [-0.4, -0.2) is 29.3 Å². The summed E-state index contributed by atoms with van der Waals surface area (Å²) in [4.78, 5) is 3.85. The van der Waals surface area contributed by atoms with Gasteiger partial charge in [0.25, 0.3) is 0 Å². The Balaban J connectivity index is 1.89. The van der Waals surface area contributed by atoms with E-state index in [4.69, 9.17) is 0 Å². The van der Waals surface area contributed by atoms with Crippen molar-refractivity contribution in [2.24, 2.45) is 0 Å². The van der Waals surface area contributed by atoms with Crippen LogP contribution in [0.5, 0.6) is 0 Å². The molecule has 0 amide bonds. The molecule has 1 fully saturated rings. The number of benzene rings is 1. The van der Waals surface area contributed by atoms with Crippen molar-refractivity contribution < 1.29 is 0 Å². The molecule has 3 rings (SSSR count). The molecule has 2 aliphatic rings. The highest BCUT2D eigenvalue weighted by atomic mass is 127. The molecular formula is C13H13IN2S. The van der Waals surface area contributed by atoms with Gasteiger partial charge in [0, 0.05) is 71.6 Å². The Morgan fingerprint density at radius 1 is 1.18 bits per heavy atom. The average molecular weight is 356 g/mol. The summed E-state index contributed by atoms with van der Waals surface area (Å²) in [6.45, 7) is 4.53. The van der Waals surface area contributed by atoms with Gasteiger partial charge in [-0.3, -0.25) is 0 Å². The van der Waals surface area contributed by atoms with Gasteiger partial charge >= 0.3 is 0 Å². The van der Waals surface area contributed by atoms with Gasteiger partial charge in [-0.2, -0.15) is 0 Å². The maximum absolute atomic E-state index is 3.20. The lowest BCUT2D eigenvalue weighted by Gasteiger charge is -2.34. The van der Waals surface area contributed by atoms with E-state index in [-0.39, 0.29) is 0 Å². The van der Waals surface area contributed by atoms with Crippen molar-refractivity contribution in [3.8, 4) is 11.2 Å². The Labute approximate surface area is 120 Å². The smallest absolute Gasteiger partial charge is 0.0421 e. The van der Waals surface area contributed by atoms with E-state index in [1.54, 1.807) is 11.8 Å². The van der Waals surface area contributed by atoms with E-state index in [1.165, 1.54) is 16.1 Å². The van der Waals surface area contributed by atoms with Gasteiger partial charge in [0.05, 0.1) is 0 Å². The van der Waals surface area contributed by atoms with Gasteiger partial charge in [0.2, 0.25) is 0 Å². The fourth-order valence-electron chi connectivity index (χ4n) is 2.26. The highest BCUT2D eigenvalue weighted by molar-refractivity contribution is 14.1. The third-order valence-electron chi connectivity index (χ3n) is 3.17. The van der Waals surface area contributed by atoms with Crippen molar-refractivity contribution in [1.29, 1.82) is 0 Å². The zero-order valence-electron chi connectivity index (χ0n) is 9.45. The number of anilines is 1. The molecule has 17 heavy (non-hydrogen) atoms. The first-order valence-electron chi connectivity index (χ1n) is 5.77. The molecule has 0 radical (unpaired) electrons. The summed E-state index contributed by atoms with van der Waals surface area (Å²) in [5.74, 6) is 3.20. The summed E-state index contributed by atoms with van der Waals surface area (Å²) in [5.41, 5.74) is 2.83. The normalized spacial score (nSPS) is 19.5. The molecular weight excluding hydrogens is 343 g/mol. The minimum absolute atomic E-state index is 0.906. The Hall–Kier alpha value is -0.380. The summed E-state index contributed by atoms with van der Waals surface area (Å²) in [6, 6.07) is 6.59. The van der Waals surface area contributed by atoms with Gasteiger partial charge in [0.1, 0.15) is 0 Å². The summed E-state index contributed by atoms with van der Waals surface area (Å²) >= 11 is 4.08. The Morgan fingerprint density at radius 3 is 2.82 bits per heavy atom. The molecule has 1 saturated heterocycles. The molecule has 0 spiro atoms. The predicted octanol–water partition coefficient (Wildman–Crippen LogP) is 2.77. The zero-order chi connectivity index (χ0) is 11.7. The van der Waals surface area contributed by atoms with Crippen LogP contribution in [0.15, 0.2) is 23.1 Å². The molecule has 0 aliphatic carbocycles. The summed E-state index contributed by atoms with van der Waals surface area (Å²) < 4.78 is 2.36. The summed E-state index contributed by atoms with van der Waals surface area (Å²) in [6.07, 6.45) is 0.906. The monoisotopic (exact) mass is 356 g/mol. The first-order valence-corrected chi connectivity index (χ1v) is 7.55. The maximum atomic E-state index is 3.20. The lowest BCUT2D eigenvalue weighted by atomic mass is 10.1. The maximum Gasteiger partial charge on any atom is 0.0421 e. The van der Waals surface area contributed by atoms with Crippen LogP contribution in [0.1, 0.15) is 5.56 Å². The second kappa shape index (κ2) is 5.09. The van der Waals surface area contributed by atoms with Crippen LogP contribution >= 0.6 is 34.6 Å². The molecule has 88 valence electrons. The highest BCUT2D eigenvalue weighted by Gasteiger charge is 2.19. The number of rotatable bonds is 1. The first kappa shape index (κ1) is 11.7. The SMILES string of the molecule is IN1CCN(c2cccc3c2CC#CS3)CC1. The van der Waals surface area contributed by atoms with Gasteiger partial charge in [0.15, 0.2) is 0 Å². The number of nitrogens with zero attached hydrogens (tertiary/aromatic N) is 2. The fourth-order valence-corrected chi connectivity index (χ4v) is 3.39. The van der Waals surface area contributed by atoms with Crippen LogP contribution < -0.4 is 4.90 Å². The Kier molecular flexibility index (Phi) is 3.50. The molecule has 0 aromatic heterocycles. The van der Waals surface area contributed by atoms with Crippen molar-refractivity contribution in [1.82, 2.24) is 3.11 Å².